The highest BCUT2D eigenvalue weighted by molar-refractivity contribution is 7.89. The topological polar surface area (TPSA) is 93.5 Å². The molecule has 8 heteroatoms. The maximum absolute atomic E-state index is 12.7. The largest absolute Gasteiger partial charge is 0.355 e. The molecule has 0 spiro atoms. The van der Waals surface area contributed by atoms with Crippen molar-refractivity contribution in [2.45, 2.75) is 18.7 Å². The molecule has 0 atom stereocenters. The quantitative estimate of drug-likeness (QED) is 0.799. The van der Waals surface area contributed by atoms with Crippen LogP contribution in [-0.4, -0.2) is 62.8 Å². The van der Waals surface area contributed by atoms with Gasteiger partial charge in [-0.3, -0.25) is 9.69 Å². The van der Waals surface area contributed by atoms with E-state index in [0.717, 1.165) is 0 Å². The lowest BCUT2D eigenvalue weighted by Gasteiger charge is -2.33. The fourth-order valence-electron chi connectivity index (χ4n) is 2.58. The first-order chi connectivity index (χ1) is 11.8. The molecule has 1 fully saturated rings. The van der Waals surface area contributed by atoms with Crippen LogP contribution in [0.1, 0.15) is 19.4 Å². The fraction of sp³-hybridized carbons (Fsp3) is 0.529. The zero-order valence-corrected chi connectivity index (χ0v) is 15.4. The van der Waals surface area contributed by atoms with Crippen molar-refractivity contribution in [2.24, 2.45) is 5.92 Å². The monoisotopic (exact) mass is 364 g/mol. The third-order valence-corrected chi connectivity index (χ3v) is 5.90. The highest BCUT2D eigenvalue weighted by Crippen LogP contribution is 2.18. The molecular formula is C17H24N4O3S. The molecule has 0 bridgehead atoms. The molecule has 1 saturated heterocycles. The van der Waals surface area contributed by atoms with Crippen molar-refractivity contribution >= 4 is 15.9 Å². The van der Waals surface area contributed by atoms with Crippen molar-refractivity contribution in [2.75, 3.05) is 39.3 Å². The molecule has 0 saturated carbocycles. The van der Waals surface area contributed by atoms with Crippen LogP contribution in [0.2, 0.25) is 0 Å². The van der Waals surface area contributed by atoms with Crippen LogP contribution in [0.3, 0.4) is 0 Å². The second-order valence-electron chi connectivity index (χ2n) is 6.52. The van der Waals surface area contributed by atoms with Crippen molar-refractivity contribution in [1.29, 1.82) is 5.26 Å². The summed E-state index contributed by atoms with van der Waals surface area (Å²) in [6.45, 7) is 6.66. The number of piperazine rings is 1. The molecule has 1 amide bonds. The molecule has 25 heavy (non-hydrogen) atoms. The summed E-state index contributed by atoms with van der Waals surface area (Å²) >= 11 is 0. The number of sulfonamides is 1. The molecule has 7 nitrogen and oxygen atoms in total. The summed E-state index contributed by atoms with van der Waals surface area (Å²) < 4.78 is 26.8. The summed E-state index contributed by atoms with van der Waals surface area (Å²) in [7, 11) is -3.61. The van der Waals surface area contributed by atoms with E-state index in [-0.39, 0.29) is 17.3 Å². The number of carbonyl (C=O) groups is 1. The summed E-state index contributed by atoms with van der Waals surface area (Å²) in [5.74, 6) is 0.363. The van der Waals surface area contributed by atoms with E-state index >= 15 is 0 Å². The molecule has 0 radical (unpaired) electrons. The van der Waals surface area contributed by atoms with Crippen LogP contribution in [0.5, 0.6) is 0 Å². The summed E-state index contributed by atoms with van der Waals surface area (Å²) in [6, 6.07) is 7.99. The first-order valence-electron chi connectivity index (χ1n) is 8.32. The first-order valence-corrected chi connectivity index (χ1v) is 9.76. The lowest BCUT2D eigenvalue weighted by atomic mass is 10.2. The number of rotatable bonds is 6. The number of nitrogens with zero attached hydrogens (tertiary/aromatic N) is 3. The second-order valence-corrected chi connectivity index (χ2v) is 8.46. The third-order valence-electron chi connectivity index (χ3n) is 4.01. The van der Waals surface area contributed by atoms with E-state index in [1.807, 2.05) is 24.8 Å². The lowest BCUT2D eigenvalue weighted by molar-refractivity contribution is -0.122. The number of carbonyl (C=O) groups excluding carboxylic acids is 1. The van der Waals surface area contributed by atoms with Gasteiger partial charge in [-0.2, -0.15) is 9.57 Å². The highest BCUT2D eigenvalue weighted by Gasteiger charge is 2.29. The van der Waals surface area contributed by atoms with E-state index in [9.17, 15) is 13.2 Å². The van der Waals surface area contributed by atoms with Gasteiger partial charge >= 0.3 is 0 Å². The van der Waals surface area contributed by atoms with Crippen molar-refractivity contribution in [3.05, 3.63) is 29.8 Å². The van der Waals surface area contributed by atoms with E-state index in [1.54, 1.807) is 12.1 Å². The maximum Gasteiger partial charge on any atom is 0.243 e. The predicted molar refractivity (Wildman–Crippen MR) is 94.2 cm³/mol. The number of hydrogen-bond acceptors (Lipinski definition) is 5. The molecule has 1 N–H and O–H groups in total. The number of nitriles is 1. The number of benzene rings is 1. The average Bonchev–Trinajstić information content (AvgIpc) is 2.60. The Labute approximate surface area is 149 Å². The lowest BCUT2D eigenvalue weighted by Crippen LogP contribution is -2.51. The van der Waals surface area contributed by atoms with Gasteiger partial charge in [0.2, 0.25) is 15.9 Å². The molecular weight excluding hydrogens is 340 g/mol. The third kappa shape index (κ3) is 5.26. The number of amides is 1. The molecule has 136 valence electrons. The molecule has 1 aliphatic heterocycles. The molecule has 1 aliphatic rings. The van der Waals surface area contributed by atoms with Crippen LogP contribution >= 0.6 is 0 Å². The Kier molecular flexibility index (Phi) is 6.53. The van der Waals surface area contributed by atoms with Gasteiger partial charge in [0.25, 0.3) is 0 Å². The zero-order valence-electron chi connectivity index (χ0n) is 14.6. The minimum absolute atomic E-state index is 0.0354. The molecule has 0 unspecified atom stereocenters. The molecule has 1 heterocycles. The first kappa shape index (κ1) is 19.4. The van der Waals surface area contributed by atoms with Gasteiger partial charge in [0.05, 0.1) is 23.1 Å². The minimum Gasteiger partial charge on any atom is -0.355 e. The maximum atomic E-state index is 12.7. The SMILES string of the molecule is CC(C)CNC(=O)CN1CCN(S(=O)(=O)c2cccc(C#N)c2)CC1. The minimum atomic E-state index is -3.61. The van der Waals surface area contributed by atoms with Gasteiger partial charge in [0, 0.05) is 32.7 Å². The van der Waals surface area contributed by atoms with Crippen LogP contribution in [0.4, 0.5) is 0 Å². The summed E-state index contributed by atoms with van der Waals surface area (Å²) in [6.07, 6.45) is 0. The Morgan fingerprint density at radius 3 is 2.56 bits per heavy atom. The standard InChI is InChI=1S/C17H24N4O3S/c1-14(2)12-19-17(22)13-20-6-8-21(9-7-20)25(23,24)16-5-3-4-15(10-16)11-18/h3-5,10,14H,6-9,12-13H2,1-2H3,(H,19,22). The van der Waals surface area contributed by atoms with Crippen molar-refractivity contribution in [3.8, 4) is 6.07 Å². The van der Waals surface area contributed by atoms with Crippen molar-refractivity contribution in [3.63, 3.8) is 0 Å². The van der Waals surface area contributed by atoms with Gasteiger partial charge in [-0.05, 0) is 24.1 Å². The summed E-state index contributed by atoms with van der Waals surface area (Å²) in [5.41, 5.74) is 0.321. The normalized spacial score (nSPS) is 16.6. The van der Waals surface area contributed by atoms with E-state index in [2.05, 4.69) is 5.32 Å². The van der Waals surface area contributed by atoms with E-state index in [0.29, 0.717) is 44.2 Å². The van der Waals surface area contributed by atoms with E-state index in [1.165, 1.54) is 16.4 Å². The Morgan fingerprint density at radius 2 is 1.96 bits per heavy atom. The van der Waals surface area contributed by atoms with Crippen LogP contribution in [0, 0.1) is 17.2 Å². The summed E-state index contributed by atoms with van der Waals surface area (Å²) in [5, 5.41) is 11.8. The number of nitrogens with one attached hydrogen (secondary N) is 1. The van der Waals surface area contributed by atoms with E-state index in [4.69, 9.17) is 5.26 Å². The highest BCUT2D eigenvalue weighted by atomic mass is 32.2. The predicted octanol–water partition coefficient (Wildman–Crippen LogP) is 0.637. The van der Waals surface area contributed by atoms with Crippen molar-refractivity contribution in [1.82, 2.24) is 14.5 Å². The average molecular weight is 364 g/mol. The Morgan fingerprint density at radius 1 is 1.28 bits per heavy atom. The molecule has 0 aliphatic carbocycles. The van der Waals surface area contributed by atoms with Crippen molar-refractivity contribution < 1.29 is 13.2 Å². The fourth-order valence-corrected chi connectivity index (χ4v) is 4.05. The second kappa shape index (κ2) is 8.43. The van der Waals surface area contributed by atoms with Gasteiger partial charge in [0.15, 0.2) is 0 Å². The Bertz CT molecular complexity index is 747. The van der Waals surface area contributed by atoms with Crippen LogP contribution in [0.15, 0.2) is 29.2 Å². The zero-order chi connectivity index (χ0) is 18.4. The van der Waals surface area contributed by atoms with Gasteiger partial charge in [-0.1, -0.05) is 19.9 Å². The van der Waals surface area contributed by atoms with Gasteiger partial charge in [0.1, 0.15) is 0 Å². The Hall–Kier alpha value is -1.95. The number of hydrogen-bond donors (Lipinski definition) is 1. The van der Waals surface area contributed by atoms with E-state index < -0.39 is 10.0 Å². The molecule has 1 aromatic carbocycles. The summed E-state index contributed by atoms with van der Waals surface area (Å²) in [4.78, 5) is 14.0. The van der Waals surface area contributed by atoms with Crippen LogP contribution in [0.25, 0.3) is 0 Å². The van der Waals surface area contributed by atoms with Crippen LogP contribution in [-0.2, 0) is 14.8 Å². The van der Waals surface area contributed by atoms with Crippen LogP contribution < -0.4 is 5.32 Å². The Balaban J connectivity index is 1.92. The molecule has 2 rings (SSSR count). The van der Waals surface area contributed by atoms with Gasteiger partial charge in [-0.25, -0.2) is 8.42 Å². The smallest absolute Gasteiger partial charge is 0.243 e. The van der Waals surface area contributed by atoms with Gasteiger partial charge in [-0.15, -0.1) is 0 Å². The molecule has 0 aromatic heterocycles. The van der Waals surface area contributed by atoms with Gasteiger partial charge < -0.3 is 5.32 Å². The molecule has 1 aromatic rings.